The van der Waals surface area contributed by atoms with Crippen molar-refractivity contribution >= 4 is 6.09 Å². The van der Waals surface area contributed by atoms with E-state index in [4.69, 9.17) is 10.9 Å². The zero-order valence-electron chi connectivity index (χ0n) is 5.08. The summed E-state index contributed by atoms with van der Waals surface area (Å²) in [5, 5.41) is 8.90. The van der Waals surface area contributed by atoms with Crippen molar-refractivity contribution in [2.75, 3.05) is 6.54 Å². The lowest BCUT2D eigenvalue weighted by Gasteiger charge is -2.09. The quantitative estimate of drug-likeness (QED) is 0.252. The second-order valence-corrected chi connectivity index (χ2v) is 1.55. The maximum Gasteiger partial charge on any atom is 0.421 e. The van der Waals surface area contributed by atoms with Gasteiger partial charge < -0.3 is 5.11 Å². The number of carbonyl (C=O) groups is 1. The highest BCUT2D eigenvalue weighted by Crippen LogP contribution is 1.83. The number of carboxylic acid groups (broad SMARTS) is 1. The molecule has 0 saturated carbocycles. The molecule has 0 aromatic heterocycles. The molecular formula is C5H10N2O2. The Morgan fingerprint density at radius 3 is 2.78 bits per heavy atom. The van der Waals surface area contributed by atoms with Gasteiger partial charge in [0, 0.05) is 6.54 Å². The van der Waals surface area contributed by atoms with E-state index in [2.05, 4.69) is 6.58 Å². The van der Waals surface area contributed by atoms with Gasteiger partial charge in [-0.3, -0.25) is 0 Å². The maximum atomic E-state index is 9.97. The molecule has 1 amide bonds. The van der Waals surface area contributed by atoms with Crippen LogP contribution < -0.4 is 5.84 Å². The van der Waals surface area contributed by atoms with Gasteiger partial charge in [-0.1, -0.05) is 6.08 Å². The smallest absolute Gasteiger partial charge is 0.421 e. The van der Waals surface area contributed by atoms with Gasteiger partial charge in [-0.25, -0.2) is 15.6 Å². The van der Waals surface area contributed by atoms with Crippen LogP contribution in [0.1, 0.15) is 6.42 Å². The summed E-state index contributed by atoms with van der Waals surface area (Å²) in [5.74, 6) is 4.99. The number of hydrogen-bond acceptors (Lipinski definition) is 2. The summed E-state index contributed by atoms with van der Waals surface area (Å²) in [6.45, 7) is 3.72. The topological polar surface area (TPSA) is 66.6 Å². The number of amides is 1. The molecule has 0 unspecified atom stereocenters. The molecule has 0 aliphatic carbocycles. The summed E-state index contributed by atoms with van der Waals surface area (Å²) >= 11 is 0. The molecule has 0 aliphatic heterocycles. The van der Waals surface area contributed by atoms with Crippen LogP contribution in [0.15, 0.2) is 12.7 Å². The van der Waals surface area contributed by atoms with Crippen LogP contribution in [0.3, 0.4) is 0 Å². The molecule has 0 bridgehead atoms. The van der Waals surface area contributed by atoms with Gasteiger partial charge in [-0.05, 0) is 6.42 Å². The molecule has 3 N–H and O–H groups in total. The lowest BCUT2D eigenvalue weighted by Crippen LogP contribution is -2.36. The van der Waals surface area contributed by atoms with E-state index in [1.807, 2.05) is 0 Å². The number of nitrogens with zero attached hydrogens (tertiary/aromatic N) is 1. The normalized spacial score (nSPS) is 8.56. The molecule has 0 fully saturated rings. The second-order valence-electron chi connectivity index (χ2n) is 1.55. The van der Waals surface area contributed by atoms with E-state index >= 15 is 0 Å². The van der Waals surface area contributed by atoms with Gasteiger partial charge in [0.25, 0.3) is 0 Å². The molecule has 52 valence electrons. The van der Waals surface area contributed by atoms with Crippen LogP contribution in [0.2, 0.25) is 0 Å². The predicted molar refractivity (Wildman–Crippen MR) is 33.7 cm³/mol. The van der Waals surface area contributed by atoms with E-state index in [1.54, 1.807) is 6.08 Å². The number of nitrogens with two attached hydrogens (primary N) is 1. The summed E-state index contributed by atoms with van der Waals surface area (Å²) in [5.41, 5.74) is 0. The zero-order chi connectivity index (χ0) is 7.28. The van der Waals surface area contributed by atoms with Crippen molar-refractivity contribution in [3.05, 3.63) is 12.7 Å². The molecule has 0 aliphatic rings. The molecule has 4 heteroatoms. The fourth-order valence-corrected chi connectivity index (χ4v) is 0.326. The third-order valence-electron chi connectivity index (χ3n) is 0.820. The van der Waals surface area contributed by atoms with Crippen LogP contribution >= 0.6 is 0 Å². The van der Waals surface area contributed by atoms with E-state index in [9.17, 15) is 4.79 Å². The first-order chi connectivity index (χ1) is 4.18. The number of rotatable bonds is 3. The predicted octanol–water partition coefficient (Wildman–Crippen LogP) is 0.416. The molecular weight excluding hydrogens is 120 g/mol. The Hall–Kier alpha value is -1.03. The van der Waals surface area contributed by atoms with Crippen LogP contribution in [-0.4, -0.2) is 22.8 Å². The Morgan fingerprint density at radius 1 is 1.89 bits per heavy atom. The average molecular weight is 130 g/mol. The summed E-state index contributed by atoms with van der Waals surface area (Å²) in [7, 11) is 0. The molecule has 0 rings (SSSR count). The van der Waals surface area contributed by atoms with Gasteiger partial charge in [0.05, 0.1) is 0 Å². The Bertz CT molecular complexity index is 114. The molecule has 0 aromatic rings. The molecule has 0 heterocycles. The van der Waals surface area contributed by atoms with Gasteiger partial charge in [-0.15, -0.1) is 6.58 Å². The van der Waals surface area contributed by atoms with Gasteiger partial charge in [-0.2, -0.15) is 0 Å². The van der Waals surface area contributed by atoms with Crippen molar-refractivity contribution in [2.45, 2.75) is 6.42 Å². The molecule has 0 spiro atoms. The molecule has 0 saturated heterocycles. The average Bonchev–Trinajstić information content (AvgIpc) is 1.82. The third kappa shape index (κ3) is 3.54. The van der Waals surface area contributed by atoms with Crippen LogP contribution in [0.4, 0.5) is 4.79 Å². The minimum Gasteiger partial charge on any atom is -0.464 e. The van der Waals surface area contributed by atoms with Crippen molar-refractivity contribution in [3.8, 4) is 0 Å². The minimum atomic E-state index is -1.11. The third-order valence-corrected chi connectivity index (χ3v) is 0.820. The molecule has 4 nitrogen and oxygen atoms in total. The highest BCUT2D eigenvalue weighted by atomic mass is 16.4. The van der Waals surface area contributed by atoms with Crippen LogP contribution in [0, 0.1) is 0 Å². The van der Waals surface area contributed by atoms with Crippen LogP contribution in [0.5, 0.6) is 0 Å². The van der Waals surface area contributed by atoms with Crippen molar-refractivity contribution in [1.29, 1.82) is 0 Å². The van der Waals surface area contributed by atoms with Gasteiger partial charge in [0.15, 0.2) is 0 Å². The van der Waals surface area contributed by atoms with E-state index in [1.165, 1.54) is 0 Å². The fraction of sp³-hybridized carbons (Fsp3) is 0.400. The van der Waals surface area contributed by atoms with Gasteiger partial charge in [0.2, 0.25) is 0 Å². The Balaban J connectivity index is 3.37. The lowest BCUT2D eigenvalue weighted by molar-refractivity contribution is 0.146. The summed E-state index contributed by atoms with van der Waals surface area (Å²) in [4.78, 5) is 9.97. The Labute approximate surface area is 53.5 Å². The molecule has 9 heavy (non-hydrogen) atoms. The van der Waals surface area contributed by atoms with Crippen molar-refractivity contribution in [2.24, 2.45) is 5.84 Å². The van der Waals surface area contributed by atoms with Crippen molar-refractivity contribution < 1.29 is 9.90 Å². The van der Waals surface area contributed by atoms with Crippen molar-refractivity contribution in [1.82, 2.24) is 5.01 Å². The summed E-state index contributed by atoms with van der Waals surface area (Å²) in [6, 6.07) is 0. The summed E-state index contributed by atoms with van der Waals surface area (Å²) in [6.07, 6.45) is 1.09. The van der Waals surface area contributed by atoms with Gasteiger partial charge >= 0.3 is 6.09 Å². The SMILES string of the molecule is C=CCCN(N)C(=O)O. The van der Waals surface area contributed by atoms with Gasteiger partial charge in [0.1, 0.15) is 0 Å². The largest absolute Gasteiger partial charge is 0.464 e. The first kappa shape index (κ1) is 7.97. The number of hydrogen-bond donors (Lipinski definition) is 2. The minimum absolute atomic E-state index is 0.304. The standard InChI is InChI=1S/C5H10N2O2/c1-2-3-4-7(6)5(8)9/h2H,1,3-4,6H2,(H,8,9). The molecule has 0 radical (unpaired) electrons. The first-order valence-corrected chi connectivity index (χ1v) is 2.54. The first-order valence-electron chi connectivity index (χ1n) is 2.54. The highest BCUT2D eigenvalue weighted by Gasteiger charge is 2.01. The van der Waals surface area contributed by atoms with E-state index in [0.29, 0.717) is 13.0 Å². The lowest BCUT2D eigenvalue weighted by atomic mass is 10.4. The number of hydrazine groups is 1. The Morgan fingerprint density at radius 2 is 2.44 bits per heavy atom. The maximum absolute atomic E-state index is 9.97. The zero-order valence-corrected chi connectivity index (χ0v) is 5.08. The summed E-state index contributed by atoms with van der Waals surface area (Å²) < 4.78 is 0. The van der Waals surface area contributed by atoms with E-state index in [-0.39, 0.29) is 0 Å². The fourth-order valence-electron chi connectivity index (χ4n) is 0.326. The van der Waals surface area contributed by atoms with Crippen LogP contribution in [-0.2, 0) is 0 Å². The monoisotopic (exact) mass is 130 g/mol. The molecule has 0 aromatic carbocycles. The second kappa shape index (κ2) is 3.91. The Kier molecular flexibility index (Phi) is 3.46. The van der Waals surface area contributed by atoms with E-state index in [0.717, 1.165) is 5.01 Å². The molecule has 0 atom stereocenters. The van der Waals surface area contributed by atoms with Crippen LogP contribution in [0.25, 0.3) is 0 Å². The van der Waals surface area contributed by atoms with Crippen molar-refractivity contribution in [3.63, 3.8) is 0 Å². The highest BCUT2D eigenvalue weighted by molar-refractivity contribution is 5.63. The van der Waals surface area contributed by atoms with E-state index < -0.39 is 6.09 Å².